The van der Waals surface area contributed by atoms with Crippen molar-refractivity contribution in [2.24, 2.45) is 5.10 Å². The molecule has 0 radical (unpaired) electrons. The van der Waals surface area contributed by atoms with Crippen LogP contribution in [0, 0.1) is 0 Å². The summed E-state index contributed by atoms with van der Waals surface area (Å²) in [6, 6.07) is 5.02. The summed E-state index contributed by atoms with van der Waals surface area (Å²) >= 11 is 1.40. The molecule has 0 aliphatic heterocycles. The van der Waals surface area contributed by atoms with E-state index in [0.717, 1.165) is 10.9 Å². The van der Waals surface area contributed by atoms with E-state index in [1.165, 1.54) is 17.6 Å². The van der Waals surface area contributed by atoms with Gasteiger partial charge in [0.25, 0.3) is 11.5 Å². The van der Waals surface area contributed by atoms with Crippen molar-refractivity contribution in [2.75, 3.05) is 0 Å². The molecule has 0 aliphatic carbocycles. The van der Waals surface area contributed by atoms with Gasteiger partial charge in [-0.2, -0.15) is 18.3 Å². The summed E-state index contributed by atoms with van der Waals surface area (Å²) in [6.45, 7) is -0.551. The molecule has 0 unspecified atom stereocenters. The lowest BCUT2D eigenvalue weighted by Crippen LogP contribution is -2.30. The van der Waals surface area contributed by atoms with Gasteiger partial charge in [0.05, 0.1) is 11.8 Å². The smallest absolute Gasteiger partial charge is 0.305 e. The molecule has 5 nitrogen and oxygen atoms in total. The third-order valence-electron chi connectivity index (χ3n) is 2.55. The molecule has 2 rings (SSSR count). The molecule has 22 heavy (non-hydrogen) atoms. The molecule has 2 aromatic rings. The van der Waals surface area contributed by atoms with E-state index in [2.05, 4.69) is 10.5 Å². The molecule has 0 saturated carbocycles. The lowest BCUT2D eigenvalue weighted by atomic mass is 10.3. The Morgan fingerprint density at radius 2 is 2.14 bits per heavy atom. The maximum atomic E-state index is 12.6. The van der Waals surface area contributed by atoms with Crippen LogP contribution in [0.25, 0.3) is 0 Å². The normalized spacial score (nSPS) is 11.8. The first kappa shape index (κ1) is 16.0. The highest BCUT2D eigenvalue weighted by molar-refractivity contribution is 7.11. The molecule has 0 aliphatic rings. The van der Waals surface area contributed by atoms with E-state index < -0.39 is 29.8 Å². The number of halogens is 3. The fourth-order valence-electron chi connectivity index (χ4n) is 1.55. The minimum Gasteiger partial charge on any atom is -0.305 e. The molecule has 0 saturated heterocycles. The van der Waals surface area contributed by atoms with Crippen LogP contribution in [0.5, 0.6) is 0 Å². The molecule has 116 valence electrons. The van der Waals surface area contributed by atoms with E-state index in [4.69, 9.17) is 0 Å². The van der Waals surface area contributed by atoms with Gasteiger partial charge < -0.3 is 4.57 Å². The number of thiophene rings is 1. The van der Waals surface area contributed by atoms with Crippen LogP contribution in [0.3, 0.4) is 0 Å². The fourth-order valence-corrected chi connectivity index (χ4v) is 2.13. The zero-order valence-corrected chi connectivity index (χ0v) is 11.8. The summed E-state index contributed by atoms with van der Waals surface area (Å²) in [6.07, 6.45) is -2.58. The van der Waals surface area contributed by atoms with Crippen molar-refractivity contribution >= 4 is 23.5 Å². The number of carbonyl (C=O) groups excluding carboxylic acids is 1. The predicted octanol–water partition coefficient (Wildman–Crippen LogP) is 2.08. The average molecular weight is 329 g/mol. The van der Waals surface area contributed by atoms with E-state index in [9.17, 15) is 22.8 Å². The highest BCUT2D eigenvalue weighted by atomic mass is 32.1. The fraction of sp³-hybridized carbons (Fsp3) is 0.154. The Kier molecular flexibility index (Phi) is 4.76. The summed E-state index contributed by atoms with van der Waals surface area (Å²) < 4.78 is 38.4. The topological polar surface area (TPSA) is 63.5 Å². The summed E-state index contributed by atoms with van der Waals surface area (Å²) in [7, 11) is 0. The van der Waals surface area contributed by atoms with Gasteiger partial charge in [0.2, 0.25) is 0 Å². The van der Waals surface area contributed by atoms with Crippen LogP contribution >= 0.6 is 11.3 Å². The Bertz CT molecular complexity index is 736. The van der Waals surface area contributed by atoms with Crippen LogP contribution in [0.1, 0.15) is 10.4 Å². The number of alkyl halides is 3. The Morgan fingerprint density at radius 3 is 2.77 bits per heavy atom. The number of rotatable bonds is 4. The van der Waals surface area contributed by atoms with E-state index in [1.54, 1.807) is 12.1 Å². The Balaban J connectivity index is 2.03. The standard InChI is InChI=1S/C13H10F3N3O2S/c14-13(15,16)9-3-4-12(21)19(7-9)8-11(20)18-17-6-10-2-1-5-22-10/h1-7H,8H2,(H,18,20)/b17-6-. The average Bonchev–Trinajstić information content (AvgIpc) is 2.93. The van der Waals surface area contributed by atoms with Crippen LogP contribution < -0.4 is 11.0 Å². The van der Waals surface area contributed by atoms with Crippen LogP contribution in [-0.4, -0.2) is 16.7 Å². The van der Waals surface area contributed by atoms with Crippen LogP contribution in [0.15, 0.2) is 45.7 Å². The van der Waals surface area contributed by atoms with Crippen molar-refractivity contribution in [3.8, 4) is 0 Å². The van der Waals surface area contributed by atoms with E-state index in [0.29, 0.717) is 16.8 Å². The molecule has 0 fully saturated rings. The summed E-state index contributed by atoms with van der Waals surface area (Å²) in [4.78, 5) is 23.9. The largest absolute Gasteiger partial charge is 0.417 e. The highest BCUT2D eigenvalue weighted by Crippen LogP contribution is 2.27. The molecule has 1 N–H and O–H groups in total. The Morgan fingerprint density at radius 1 is 1.36 bits per heavy atom. The molecule has 2 heterocycles. The number of pyridine rings is 1. The van der Waals surface area contributed by atoms with Crippen molar-refractivity contribution in [3.63, 3.8) is 0 Å². The van der Waals surface area contributed by atoms with Crippen molar-refractivity contribution in [3.05, 3.63) is 56.6 Å². The molecule has 2 aromatic heterocycles. The number of hydrogen-bond donors (Lipinski definition) is 1. The van der Waals surface area contributed by atoms with Crippen molar-refractivity contribution in [1.82, 2.24) is 9.99 Å². The quantitative estimate of drug-likeness (QED) is 0.689. The van der Waals surface area contributed by atoms with E-state index in [-0.39, 0.29) is 0 Å². The monoisotopic (exact) mass is 329 g/mol. The van der Waals surface area contributed by atoms with Gasteiger partial charge in [0, 0.05) is 17.1 Å². The second-order valence-corrected chi connectivity index (χ2v) is 5.17. The van der Waals surface area contributed by atoms with Gasteiger partial charge in [0.15, 0.2) is 0 Å². The zero-order chi connectivity index (χ0) is 16.2. The maximum Gasteiger partial charge on any atom is 0.417 e. The van der Waals surface area contributed by atoms with Crippen LogP contribution in [0.4, 0.5) is 13.2 Å². The number of carbonyl (C=O) groups is 1. The van der Waals surface area contributed by atoms with Gasteiger partial charge in [-0.05, 0) is 17.5 Å². The predicted molar refractivity (Wildman–Crippen MR) is 75.8 cm³/mol. The van der Waals surface area contributed by atoms with E-state index in [1.807, 2.05) is 5.38 Å². The molecule has 1 amide bonds. The van der Waals surface area contributed by atoms with Gasteiger partial charge in [-0.3, -0.25) is 9.59 Å². The lowest BCUT2D eigenvalue weighted by Gasteiger charge is -2.09. The second kappa shape index (κ2) is 6.56. The van der Waals surface area contributed by atoms with Crippen molar-refractivity contribution < 1.29 is 18.0 Å². The number of nitrogens with one attached hydrogen (secondary N) is 1. The number of aromatic nitrogens is 1. The third-order valence-corrected chi connectivity index (χ3v) is 3.36. The number of nitrogens with zero attached hydrogens (tertiary/aromatic N) is 2. The van der Waals surface area contributed by atoms with Gasteiger partial charge in [-0.15, -0.1) is 11.3 Å². The summed E-state index contributed by atoms with van der Waals surface area (Å²) in [5, 5.41) is 5.48. The second-order valence-electron chi connectivity index (χ2n) is 4.19. The SMILES string of the molecule is O=C(Cn1cc(C(F)(F)F)ccc1=O)N/N=C\c1cccs1. The number of amides is 1. The zero-order valence-electron chi connectivity index (χ0n) is 11.0. The molecule has 9 heteroatoms. The first-order valence-corrected chi connectivity index (χ1v) is 6.87. The van der Waals surface area contributed by atoms with Gasteiger partial charge >= 0.3 is 6.18 Å². The molecule has 0 spiro atoms. The summed E-state index contributed by atoms with van der Waals surface area (Å²) in [5.74, 6) is -0.700. The molecular weight excluding hydrogens is 319 g/mol. The molecule has 0 atom stereocenters. The summed E-state index contributed by atoms with van der Waals surface area (Å²) in [5.41, 5.74) is 0.450. The van der Waals surface area contributed by atoms with Crippen molar-refractivity contribution in [1.29, 1.82) is 0 Å². The minimum atomic E-state index is -4.58. The first-order valence-electron chi connectivity index (χ1n) is 5.99. The van der Waals surface area contributed by atoms with Crippen molar-refractivity contribution in [2.45, 2.75) is 12.7 Å². The minimum absolute atomic E-state index is 0.551. The Hall–Kier alpha value is -2.42. The van der Waals surface area contributed by atoms with E-state index >= 15 is 0 Å². The Labute approximate surface area is 126 Å². The number of hydrazone groups is 1. The first-order chi connectivity index (χ1) is 10.4. The third kappa shape index (κ3) is 4.29. The van der Waals surface area contributed by atoms with Crippen LogP contribution in [-0.2, 0) is 17.5 Å². The van der Waals surface area contributed by atoms with Gasteiger partial charge in [-0.25, -0.2) is 5.43 Å². The molecule has 0 bridgehead atoms. The highest BCUT2D eigenvalue weighted by Gasteiger charge is 2.31. The van der Waals surface area contributed by atoms with Crippen LogP contribution in [0.2, 0.25) is 0 Å². The number of hydrogen-bond acceptors (Lipinski definition) is 4. The van der Waals surface area contributed by atoms with Gasteiger partial charge in [0.1, 0.15) is 6.54 Å². The maximum absolute atomic E-state index is 12.6. The van der Waals surface area contributed by atoms with Gasteiger partial charge in [-0.1, -0.05) is 6.07 Å². The molecular formula is C13H10F3N3O2S. The molecule has 0 aromatic carbocycles. The lowest BCUT2D eigenvalue weighted by molar-refractivity contribution is -0.138.